The molecule has 1 aromatic heterocycles. The number of benzene rings is 3. The van der Waals surface area contributed by atoms with E-state index in [9.17, 15) is 9.59 Å². The van der Waals surface area contributed by atoms with Crippen molar-refractivity contribution in [1.82, 2.24) is 9.13 Å². The van der Waals surface area contributed by atoms with Crippen molar-refractivity contribution in [2.24, 2.45) is 5.92 Å². The van der Waals surface area contributed by atoms with Crippen molar-refractivity contribution >= 4 is 27.6 Å². The van der Waals surface area contributed by atoms with E-state index in [-0.39, 0.29) is 29.5 Å². The standard InChI is InChI=1S/C32H34BrN3O3/c1-3-39-31(37)30(25-7-5-4-6-8-25)26-17-19-34(20-18-26)28-13-15-29(16-14-28)36-22-21-35(32(36)38)23(2)24-9-11-27(33)12-10-24/h4-16,21-23,26,30H,3,17-20H2,1-2H3/t23-,30?/m0/s1. The molecule has 2 atom stereocenters. The van der Waals surface area contributed by atoms with E-state index in [0.717, 1.165) is 52.9 Å². The van der Waals surface area contributed by atoms with E-state index in [0.29, 0.717) is 6.61 Å². The summed E-state index contributed by atoms with van der Waals surface area (Å²) in [5, 5.41) is 0. The average Bonchev–Trinajstić information content (AvgIpc) is 3.35. The number of aromatic nitrogens is 2. The van der Waals surface area contributed by atoms with Gasteiger partial charge in [-0.15, -0.1) is 0 Å². The van der Waals surface area contributed by atoms with Gasteiger partial charge in [0, 0.05) is 35.6 Å². The van der Waals surface area contributed by atoms with Gasteiger partial charge >= 0.3 is 11.7 Å². The van der Waals surface area contributed by atoms with Gasteiger partial charge in [0.25, 0.3) is 0 Å². The molecule has 202 valence electrons. The maximum absolute atomic E-state index is 13.2. The first-order valence-corrected chi connectivity index (χ1v) is 14.4. The third-order valence-corrected chi connectivity index (χ3v) is 8.30. The summed E-state index contributed by atoms with van der Waals surface area (Å²) >= 11 is 3.47. The van der Waals surface area contributed by atoms with Gasteiger partial charge in [-0.05, 0) is 80.1 Å². The topological polar surface area (TPSA) is 56.5 Å². The number of hydrogen-bond acceptors (Lipinski definition) is 4. The van der Waals surface area contributed by atoms with E-state index in [1.54, 1.807) is 9.13 Å². The van der Waals surface area contributed by atoms with Gasteiger partial charge in [-0.3, -0.25) is 13.9 Å². The fraction of sp³-hybridized carbons (Fsp3) is 0.312. The van der Waals surface area contributed by atoms with Gasteiger partial charge in [0.05, 0.1) is 24.3 Å². The number of halogens is 1. The summed E-state index contributed by atoms with van der Waals surface area (Å²) in [6.45, 7) is 6.02. The Morgan fingerprint density at radius 2 is 1.54 bits per heavy atom. The molecule has 5 rings (SSSR count). The number of ether oxygens (including phenoxy) is 1. The minimum Gasteiger partial charge on any atom is -0.466 e. The molecule has 6 nitrogen and oxygen atoms in total. The monoisotopic (exact) mass is 587 g/mol. The molecule has 0 N–H and O–H groups in total. The van der Waals surface area contributed by atoms with Gasteiger partial charge in [0.2, 0.25) is 0 Å². The first-order valence-electron chi connectivity index (χ1n) is 13.6. The Morgan fingerprint density at radius 1 is 0.897 bits per heavy atom. The summed E-state index contributed by atoms with van der Waals surface area (Å²) in [4.78, 5) is 28.4. The highest BCUT2D eigenvalue weighted by atomic mass is 79.9. The van der Waals surface area contributed by atoms with Crippen LogP contribution in [0.15, 0.2) is 101 Å². The summed E-state index contributed by atoms with van der Waals surface area (Å²) in [6.07, 6.45) is 5.50. The second-order valence-corrected chi connectivity index (χ2v) is 11.0. The molecule has 1 aliphatic rings. The van der Waals surface area contributed by atoms with Gasteiger partial charge in [-0.2, -0.15) is 0 Å². The van der Waals surface area contributed by atoms with E-state index in [1.807, 2.05) is 93.0 Å². The Bertz CT molecular complexity index is 1440. The molecule has 1 unspecified atom stereocenters. The van der Waals surface area contributed by atoms with Crippen LogP contribution in [0.3, 0.4) is 0 Å². The Kier molecular flexibility index (Phi) is 8.36. The van der Waals surface area contributed by atoms with Crippen LogP contribution in [0.25, 0.3) is 5.69 Å². The molecule has 1 fully saturated rings. The molecule has 1 saturated heterocycles. The maximum Gasteiger partial charge on any atom is 0.333 e. The highest BCUT2D eigenvalue weighted by Crippen LogP contribution is 2.35. The third-order valence-electron chi connectivity index (χ3n) is 7.78. The number of rotatable bonds is 8. The van der Waals surface area contributed by atoms with Crippen molar-refractivity contribution in [3.05, 3.63) is 117 Å². The van der Waals surface area contributed by atoms with Crippen LogP contribution >= 0.6 is 15.9 Å². The Labute approximate surface area is 238 Å². The van der Waals surface area contributed by atoms with Gasteiger partial charge in [-0.1, -0.05) is 58.4 Å². The minimum atomic E-state index is -0.230. The second kappa shape index (κ2) is 12.1. The van der Waals surface area contributed by atoms with E-state index in [4.69, 9.17) is 4.74 Å². The maximum atomic E-state index is 13.2. The highest BCUT2D eigenvalue weighted by Gasteiger charge is 2.33. The van der Waals surface area contributed by atoms with Crippen molar-refractivity contribution in [2.75, 3.05) is 24.6 Å². The van der Waals surface area contributed by atoms with Crippen molar-refractivity contribution in [1.29, 1.82) is 0 Å². The van der Waals surface area contributed by atoms with Gasteiger partial charge in [0.1, 0.15) is 0 Å². The lowest BCUT2D eigenvalue weighted by atomic mass is 9.80. The smallest absolute Gasteiger partial charge is 0.333 e. The lowest BCUT2D eigenvalue weighted by molar-refractivity contribution is -0.146. The molecular weight excluding hydrogens is 554 g/mol. The zero-order chi connectivity index (χ0) is 27.4. The highest BCUT2D eigenvalue weighted by molar-refractivity contribution is 9.10. The van der Waals surface area contributed by atoms with Crippen molar-refractivity contribution in [3.8, 4) is 5.69 Å². The summed E-state index contributed by atoms with van der Waals surface area (Å²) in [7, 11) is 0. The van der Waals surface area contributed by atoms with Gasteiger partial charge in [0.15, 0.2) is 0 Å². The van der Waals surface area contributed by atoms with Crippen LogP contribution in [-0.2, 0) is 9.53 Å². The number of esters is 1. The van der Waals surface area contributed by atoms with Crippen molar-refractivity contribution < 1.29 is 9.53 Å². The average molecular weight is 589 g/mol. The fourth-order valence-electron chi connectivity index (χ4n) is 5.59. The number of hydrogen-bond donors (Lipinski definition) is 0. The zero-order valence-corrected chi connectivity index (χ0v) is 24.0. The largest absolute Gasteiger partial charge is 0.466 e. The van der Waals surface area contributed by atoms with Crippen LogP contribution in [-0.4, -0.2) is 34.8 Å². The summed E-state index contributed by atoms with van der Waals surface area (Å²) in [5.74, 6) is -0.113. The Morgan fingerprint density at radius 3 is 2.18 bits per heavy atom. The lowest BCUT2D eigenvalue weighted by Gasteiger charge is -2.36. The van der Waals surface area contributed by atoms with E-state index < -0.39 is 0 Å². The van der Waals surface area contributed by atoms with E-state index in [2.05, 4.69) is 33.0 Å². The molecular formula is C32H34BrN3O3. The molecule has 0 bridgehead atoms. The van der Waals surface area contributed by atoms with Crippen LogP contribution < -0.4 is 10.6 Å². The summed E-state index contributed by atoms with van der Waals surface area (Å²) in [6, 6.07) is 26.2. The van der Waals surface area contributed by atoms with Crippen LogP contribution in [0, 0.1) is 5.92 Å². The molecule has 4 aromatic rings. The van der Waals surface area contributed by atoms with E-state index in [1.165, 1.54) is 0 Å². The number of anilines is 1. The van der Waals surface area contributed by atoms with Crippen LogP contribution in [0.5, 0.6) is 0 Å². The number of piperidine rings is 1. The molecule has 2 heterocycles. The normalized spacial score (nSPS) is 15.6. The SMILES string of the molecule is CCOC(=O)C(c1ccccc1)C1CCN(c2ccc(-n3ccn([C@@H](C)c4ccc(Br)cc4)c3=O)cc2)CC1. The molecule has 39 heavy (non-hydrogen) atoms. The lowest BCUT2D eigenvalue weighted by Crippen LogP contribution is -2.37. The number of imidazole rings is 1. The molecule has 0 radical (unpaired) electrons. The zero-order valence-electron chi connectivity index (χ0n) is 22.4. The number of carbonyl (C=O) groups is 1. The molecule has 3 aromatic carbocycles. The minimum absolute atomic E-state index is 0.0649. The van der Waals surface area contributed by atoms with Gasteiger partial charge in [-0.25, -0.2) is 4.79 Å². The number of nitrogens with zero attached hydrogens (tertiary/aromatic N) is 3. The first-order chi connectivity index (χ1) is 19.0. The van der Waals surface area contributed by atoms with Crippen molar-refractivity contribution in [2.45, 2.75) is 38.6 Å². The van der Waals surface area contributed by atoms with E-state index >= 15 is 0 Å². The molecule has 0 aliphatic carbocycles. The Hall–Kier alpha value is -3.58. The van der Waals surface area contributed by atoms with Crippen LogP contribution in [0.1, 0.15) is 49.8 Å². The number of carbonyl (C=O) groups excluding carboxylic acids is 1. The van der Waals surface area contributed by atoms with Crippen LogP contribution in [0.2, 0.25) is 0 Å². The second-order valence-electron chi connectivity index (χ2n) is 10.1. The molecule has 1 aliphatic heterocycles. The van der Waals surface area contributed by atoms with Crippen LogP contribution in [0.4, 0.5) is 5.69 Å². The molecule has 7 heteroatoms. The fourth-order valence-corrected chi connectivity index (χ4v) is 5.86. The Balaban J connectivity index is 1.27. The summed E-state index contributed by atoms with van der Waals surface area (Å²) < 4.78 is 9.91. The quantitative estimate of drug-likeness (QED) is 0.219. The third kappa shape index (κ3) is 5.88. The molecule has 0 amide bonds. The van der Waals surface area contributed by atoms with Gasteiger partial charge < -0.3 is 9.64 Å². The predicted octanol–water partition coefficient (Wildman–Crippen LogP) is 6.57. The first kappa shape index (κ1) is 27.0. The molecule has 0 spiro atoms. The predicted molar refractivity (Wildman–Crippen MR) is 159 cm³/mol. The van der Waals surface area contributed by atoms with Crippen molar-refractivity contribution in [3.63, 3.8) is 0 Å². The summed E-state index contributed by atoms with van der Waals surface area (Å²) in [5.41, 5.74) is 4.01. The molecule has 0 saturated carbocycles.